The second-order valence-corrected chi connectivity index (χ2v) is 7.87. The molecular weight excluding hydrogens is 382 g/mol. The van der Waals surface area contributed by atoms with Crippen LogP contribution < -0.4 is 9.30 Å². The lowest BCUT2D eigenvalue weighted by atomic mass is 10.2. The van der Waals surface area contributed by atoms with Gasteiger partial charge in [-0.2, -0.15) is 4.57 Å². The van der Waals surface area contributed by atoms with Crippen LogP contribution in [0, 0.1) is 6.92 Å². The number of pyridine rings is 1. The van der Waals surface area contributed by atoms with Crippen LogP contribution in [0.15, 0.2) is 82.8 Å². The molecule has 1 heterocycles. The monoisotopic (exact) mass is 403 g/mol. The first kappa shape index (κ1) is 21.0. The summed E-state index contributed by atoms with van der Waals surface area (Å²) in [6.07, 6.45) is 6.20. The van der Waals surface area contributed by atoms with Crippen LogP contribution in [0.3, 0.4) is 0 Å². The van der Waals surface area contributed by atoms with Gasteiger partial charge in [0.05, 0.1) is 12.0 Å². The van der Waals surface area contributed by atoms with Crippen molar-refractivity contribution in [2.75, 3.05) is 13.4 Å². The van der Waals surface area contributed by atoms with Crippen molar-refractivity contribution in [3.8, 4) is 11.4 Å². The summed E-state index contributed by atoms with van der Waals surface area (Å²) in [7, 11) is -2.59. The van der Waals surface area contributed by atoms with Crippen LogP contribution in [0.5, 0.6) is 5.75 Å². The van der Waals surface area contributed by atoms with E-state index in [2.05, 4.69) is 35.3 Å². The van der Waals surface area contributed by atoms with Gasteiger partial charge in [0.25, 0.3) is 0 Å². The molecule has 0 spiro atoms. The van der Waals surface area contributed by atoms with Crippen LogP contribution in [-0.4, -0.2) is 26.3 Å². The second-order valence-electron chi connectivity index (χ2n) is 5.61. The number of aryl methyl sites for hydroxylation is 1. The minimum atomic E-state index is -4.27. The minimum Gasteiger partial charge on any atom is -0.744 e. The highest BCUT2D eigenvalue weighted by atomic mass is 32.2. The summed E-state index contributed by atoms with van der Waals surface area (Å²) in [5.41, 5.74) is 2.06. The average Bonchev–Trinajstić information content (AvgIpc) is 2.68. The van der Waals surface area contributed by atoms with Crippen molar-refractivity contribution in [1.82, 2.24) is 0 Å². The van der Waals surface area contributed by atoms with Crippen LogP contribution in [0.1, 0.15) is 5.56 Å². The minimum absolute atomic E-state index is 0.178. The van der Waals surface area contributed by atoms with E-state index < -0.39 is 10.1 Å². The molecule has 2 aromatic carbocycles. The third-order valence-corrected chi connectivity index (χ3v) is 5.31. The van der Waals surface area contributed by atoms with Crippen LogP contribution in [0.2, 0.25) is 0 Å². The van der Waals surface area contributed by atoms with Gasteiger partial charge in [-0.1, -0.05) is 17.7 Å². The molecule has 0 unspecified atom stereocenters. The Hall–Kier alpha value is -2.35. The van der Waals surface area contributed by atoms with Gasteiger partial charge in [0.2, 0.25) is 5.69 Å². The number of benzene rings is 2. The molecule has 7 heteroatoms. The highest BCUT2D eigenvalue weighted by molar-refractivity contribution is 7.98. The summed E-state index contributed by atoms with van der Waals surface area (Å²) in [6, 6.07) is 18.0. The zero-order valence-corrected chi connectivity index (χ0v) is 17.0. The van der Waals surface area contributed by atoms with Crippen molar-refractivity contribution < 1.29 is 22.3 Å². The summed E-state index contributed by atoms with van der Waals surface area (Å²) >= 11 is 1.75. The fourth-order valence-corrected chi connectivity index (χ4v) is 3.04. The normalized spacial score (nSPS) is 10.7. The zero-order chi connectivity index (χ0) is 19.9. The van der Waals surface area contributed by atoms with Gasteiger partial charge >= 0.3 is 0 Å². The Bertz CT molecular complexity index is 907. The number of rotatable bonds is 4. The van der Waals surface area contributed by atoms with E-state index in [0.717, 1.165) is 17.0 Å². The lowest BCUT2D eigenvalue weighted by Crippen LogP contribution is -2.28. The Balaban J connectivity index is 0.000000208. The number of ether oxygens (including phenoxy) is 1. The molecule has 0 aliphatic heterocycles. The molecule has 0 bridgehead atoms. The summed E-state index contributed by atoms with van der Waals surface area (Å²) in [5.74, 6) is 0.880. The summed E-state index contributed by atoms with van der Waals surface area (Å²) in [4.78, 5) is 1.09. The molecule has 0 aliphatic rings. The molecule has 0 fully saturated rings. The molecule has 3 aromatic rings. The molecular formula is C20H21NO4S2. The summed E-state index contributed by atoms with van der Waals surface area (Å²) in [6.45, 7) is 1.82. The standard InChI is InChI=1S/C13H14NOS.C7H8O3S/c1-15-12-5-3-11(4-6-12)14-9-7-13(16-2)8-10-14;1-6-2-4-7(5-3-6)11(8,9)10/h3-10H,1-2H3;2-5H,1H3,(H,8,9,10)/q+1;/p-1. The van der Waals surface area contributed by atoms with E-state index in [1.807, 2.05) is 31.2 Å². The van der Waals surface area contributed by atoms with Crippen molar-refractivity contribution in [1.29, 1.82) is 0 Å². The van der Waals surface area contributed by atoms with Crippen molar-refractivity contribution in [2.24, 2.45) is 0 Å². The number of methoxy groups -OCH3 is 1. The van der Waals surface area contributed by atoms with Gasteiger partial charge < -0.3 is 9.29 Å². The average molecular weight is 404 g/mol. The van der Waals surface area contributed by atoms with Gasteiger partial charge in [-0.25, -0.2) is 8.42 Å². The van der Waals surface area contributed by atoms with Crippen LogP contribution in [0.4, 0.5) is 0 Å². The number of aromatic nitrogens is 1. The Morgan fingerprint density at radius 2 is 1.48 bits per heavy atom. The maximum atomic E-state index is 10.4. The molecule has 0 radical (unpaired) electrons. The zero-order valence-electron chi connectivity index (χ0n) is 15.3. The van der Waals surface area contributed by atoms with E-state index >= 15 is 0 Å². The highest BCUT2D eigenvalue weighted by Crippen LogP contribution is 2.13. The third kappa shape index (κ3) is 6.39. The van der Waals surface area contributed by atoms with Crippen LogP contribution in [0.25, 0.3) is 5.69 Å². The number of hydrogen-bond acceptors (Lipinski definition) is 5. The predicted molar refractivity (Wildman–Crippen MR) is 105 cm³/mol. The van der Waals surface area contributed by atoms with Crippen molar-refractivity contribution in [2.45, 2.75) is 16.7 Å². The van der Waals surface area contributed by atoms with E-state index in [-0.39, 0.29) is 4.90 Å². The lowest BCUT2D eigenvalue weighted by Gasteiger charge is -2.05. The molecule has 27 heavy (non-hydrogen) atoms. The van der Waals surface area contributed by atoms with Gasteiger partial charge in [-0.15, -0.1) is 11.8 Å². The quantitative estimate of drug-likeness (QED) is 0.378. The van der Waals surface area contributed by atoms with Gasteiger partial charge in [-0.05, 0) is 37.4 Å². The first-order valence-electron chi connectivity index (χ1n) is 8.06. The SMILES string of the molecule is COc1ccc(-[n+]2ccc(SC)cc2)cc1.Cc1ccc(S(=O)(=O)[O-])cc1. The third-order valence-electron chi connectivity index (χ3n) is 3.71. The molecule has 0 aliphatic carbocycles. The van der Waals surface area contributed by atoms with Gasteiger partial charge in [0, 0.05) is 29.2 Å². The molecule has 0 saturated carbocycles. The molecule has 0 amide bonds. The smallest absolute Gasteiger partial charge is 0.210 e. The molecule has 1 aromatic heterocycles. The van der Waals surface area contributed by atoms with Gasteiger partial charge in [-0.3, -0.25) is 0 Å². The van der Waals surface area contributed by atoms with Crippen molar-refractivity contribution in [3.05, 3.63) is 78.6 Å². The second kappa shape index (κ2) is 9.55. The van der Waals surface area contributed by atoms with Gasteiger partial charge in [0.15, 0.2) is 12.4 Å². The first-order chi connectivity index (χ1) is 12.8. The Labute approximate surface area is 164 Å². The van der Waals surface area contributed by atoms with E-state index in [1.54, 1.807) is 31.0 Å². The Morgan fingerprint density at radius 3 is 1.93 bits per heavy atom. The van der Waals surface area contributed by atoms with Crippen molar-refractivity contribution in [3.63, 3.8) is 0 Å². The fraction of sp³-hybridized carbons (Fsp3) is 0.150. The topological polar surface area (TPSA) is 70.3 Å². The molecule has 3 rings (SSSR count). The fourth-order valence-electron chi connectivity index (χ4n) is 2.18. The van der Waals surface area contributed by atoms with E-state index in [0.29, 0.717) is 0 Å². The van der Waals surface area contributed by atoms with E-state index in [4.69, 9.17) is 4.74 Å². The number of thioether (sulfide) groups is 1. The van der Waals surface area contributed by atoms with E-state index in [1.165, 1.54) is 17.0 Å². The molecule has 142 valence electrons. The highest BCUT2D eigenvalue weighted by Gasteiger charge is 2.05. The molecule has 0 saturated heterocycles. The lowest BCUT2D eigenvalue weighted by molar-refractivity contribution is -0.596. The van der Waals surface area contributed by atoms with Crippen LogP contribution in [-0.2, 0) is 10.1 Å². The van der Waals surface area contributed by atoms with E-state index in [9.17, 15) is 13.0 Å². The summed E-state index contributed by atoms with van der Waals surface area (Å²) < 4.78 is 38.4. The van der Waals surface area contributed by atoms with Gasteiger partial charge in [0.1, 0.15) is 15.9 Å². The molecule has 0 atom stereocenters. The van der Waals surface area contributed by atoms with Crippen molar-refractivity contribution >= 4 is 21.9 Å². The van der Waals surface area contributed by atoms with Crippen LogP contribution >= 0.6 is 11.8 Å². The Morgan fingerprint density at radius 1 is 0.926 bits per heavy atom. The maximum Gasteiger partial charge on any atom is 0.210 e. The maximum absolute atomic E-state index is 10.4. The predicted octanol–water partition coefficient (Wildman–Crippen LogP) is 3.59. The number of hydrogen-bond donors (Lipinski definition) is 0. The Kier molecular flexibility index (Phi) is 7.41. The largest absolute Gasteiger partial charge is 0.744 e. The first-order valence-corrected chi connectivity index (χ1v) is 10.7. The molecule has 0 N–H and O–H groups in total. The number of nitrogens with zero attached hydrogens (tertiary/aromatic N) is 1. The molecule has 5 nitrogen and oxygen atoms in total. The summed E-state index contributed by atoms with van der Waals surface area (Å²) in [5, 5.41) is 0.